The van der Waals surface area contributed by atoms with Gasteiger partial charge in [0.2, 0.25) is 5.88 Å². The fourth-order valence-corrected chi connectivity index (χ4v) is 7.12. The van der Waals surface area contributed by atoms with Crippen molar-refractivity contribution in [1.82, 2.24) is 14.5 Å². The number of nitrogens with zero attached hydrogens (tertiary/aromatic N) is 3. The molecule has 5 rings (SSSR count). The van der Waals surface area contributed by atoms with Crippen LogP contribution >= 0.6 is 11.8 Å². The number of aliphatic hydroxyl groups excluding tert-OH is 1. The zero-order valence-electron chi connectivity index (χ0n) is 30.8. The van der Waals surface area contributed by atoms with Crippen molar-refractivity contribution < 1.29 is 24.1 Å². The van der Waals surface area contributed by atoms with Crippen LogP contribution in [0.5, 0.6) is 11.6 Å². The van der Waals surface area contributed by atoms with E-state index in [1.165, 1.54) is 0 Å². The second kappa shape index (κ2) is 17.2. The third-order valence-electron chi connectivity index (χ3n) is 8.63. The first-order valence-electron chi connectivity index (χ1n) is 17.7. The summed E-state index contributed by atoms with van der Waals surface area (Å²) in [6.07, 6.45) is 7.52. The summed E-state index contributed by atoms with van der Waals surface area (Å²) in [4.78, 5) is 23.5. The molecule has 2 aromatic carbocycles. The standard InChI is InChI=1S/C42H51N3O5S/c1-41(2,3)51-39-35-25-34(50-29-33-13-9-10-22-43-33)19-20-36(35)45(37(39)26-42(4,5)40(47)49-24-12-8-7-11-23-46)28-30-14-16-31(17-15-30)32-18-21-38(48-6)44-27-32/h9-10,13-22,25,27,46H,7-8,11-12,23-24,26,28-29H2,1-6H3. The molecule has 0 saturated carbocycles. The van der Waals surface area contributed by atoms with Crippen molar-refractivity contribution >= 4 is 28.6 Å². The minimum Gasteiger partial charge on any atom is -0.487 e. The number of fused-ring (bicyclic) bond motifs is 1. The Bertz CT molecular complexity index is 1860. The van der Waals surface area contributed by atoms with Crippen LogP contribution in [0.25, 0.3) is 22.0 Å². The molecule has 0 aliphatic rings. The summed E-state index contributed by atoms with van der Waals surface area (Å²) < 4.78 is 19.6. The second-order valence-corrected chi connectivity index (χ2v) is 16.3. The third kappa shape index (κ3) is 10.4. The molecule has 3 heterocycles. The highest BCUT2D eigenvalue weighted by molar-refractivity contribution is 8.00. The molecular formula is C42H51N3O5S. The predicted molar refractivity (Wildman–Crippen MR) is 205 cm³/mol. The molecule has 9 heteroatoms. The average Bonchev–Trinajstić information content (AvgIpc) is 3.38. The molecule has 0 atom stereocenters. The molecule has 1 N–H and O–H groups in total. The molecule has 0 aliphatic carbocycles. The van der Waals surface area contributed by atoms with Crippen molar-refractivity contribution in [2.75, 3.05) is 20.3 Å². The van der Waals surface area contributed by atoms with Gasteiger partial charge >= 0.3 is 5.97 Å². The summed E-state index contributed by atoms with van der Waals surface area (Å²) in [7, 11) is 1.62. The Balaban J connectivity index is 1.51. The monoisotopic (exact) mass is 709 g/mol. The summed E-state index contributed by atoms with van der Waals surface area (Å²) in [6.45, 7) is 12.2. The van der Waals surface area contributed by atoms with Crippen molar-refractivity contribution in [1.29, 1.82) is 0 Å². The van der Waals surface area contributed by atoms with Crippen molar-refractivity contribution in [2.45, 2.75) is 89.5 Å². The molecule has 0 fully saturated rings. The third-order valence-corrected chi connectivity index (χ3v) is 9.91. The number of benzene rings is 2. The molecule has 0 radical (unpaired) electrons. The lowest BCUT2D eigenvalue weighted by Crippen LogP contribution is -2.30. The number of esters is 1. The first-order valence-corrected chi connectivity index (χ1v) is 18.5. The van der Waals surface area contributed by atoms with Crippen LogP contribution in [0.4, 0.5) is 0 Å². The summed E-state index contributed by atoms with van der Waals surface area (Å²) in [6, 6.07) is 24.6. The van der Waals surface area contributed by atoms with Crippen LogP contribution in [0.3, 0.4) is 0 Å². The van der Waals surface area contributed by atoms with Gasteiger partial charge in [0.1, 0.15) is 12.4 Å². The highest BCUT2D eigenvalue weighted by atomic mass is 32.2. The summed E-state index contributed by atoms with van der Waals surface area (Å²) in [5.74, 6) is 1.15. The topological polar surface area (TPSA) is 95.7 Å². The number of pyridine rings is 2. The quantitative estimate of drug-likeness (QED) is 0.0580. The smallest absolute Gasteiger partial charge is 0.311 e. The second-order valence-electron chi connectivity index (χ2n) is 14.5. The zero-order valence-corrected chi connectivity index (χ0v) is 31.6. The van der Waals surface area contributed by atoms with Crippen LogP contribution in [-0.4, -0.2) is 50.7 Å². The van der Waals surface area contributed by atoms with Gasteiger partial charge in [-0.25, -0.2) is 4.98 Å². The van der Waals surface area contributed by atoms with Crippen LogP contribution in [0.15, 0.2) is 90.1 Å². The maximum Gasteiger partial charge on any atom is 0.311 e. The Labute approximate surface area is 306 Å². The number of ether oxygens (including phenoxy) is 3. The fraction of sp³-hybridized carbons (Fsp3) is 0.405. The van der Waals surface area contributed by atoms with E-state index in [1.807, 2.05) is 68.2 Å². The lowest BCUT2D eigenvalue weighted by atomic mass is 9.87. The van der Waals surface area contributed by atoms with E-state index in [1.54, 1.807) is 13.3 Å². The number of aliphatic hydroxyl groups is 1. The van der Waals surface area contributed by atoms with Crippen molar-refractivity contribution in [2.24, 2.45) is 5.41 Å². The summed E-state index contributed by atoms with van der Waals surface area (Å²) >= 11 is 1.82. The van der Waals surface area contributed by atoms with Crippen molar-refractivity contribution in [3.63, 3.8) is 0 Å². The van der Waals surface area contributed by atoms with Gasteiger partial charge in [0.05, 0.1) is 24.8 Å². The Morgan fingerprint density at radius 1 is 0.882 bits per heavy atom. The number of thioether (sulfide) groups is 1. The van der Waals surface area contributed by atoms with Gasteiger partial charge in [-0.3, -0.25) is 9.78 Å². The van der Waals surface area contributed by atoms with Crippen molar-refractivity contribution in [3.05, 3.63) is 102 Å². The fourth-order valence-electron chi connectivity index (χ4n) is 5.94. The van der Waals surface area contributed by atoms with Gasteiger partial charge in [0, 0.05) is 69.8 Å². The van der Waals surface area contributed by atoms with Gasteiger partial charge in [-0.1, -0.05) is 57.5 Å². The first kappa shape index (κ1) is 37.9. The van der Waals surface area contributed by atoms with E-state index in [9.17, 15) is 4.79 Å². The van der Waals surface area contributed by atoms with E-state index in [0.717, 1.165) is 75.3 Å². The predicted octanol–water partition coefficient (Wildman–Crippen LogP) is 9.29. The molecule has 0 amide bonds. The van der Waals surface area contributed by atoms with E-state index in [0.29, 0.717) is 32.1 Å². The van der Waals surface area contributed by atoms with Crippen molar-refractivity contribution in [3.8, 4) is 22.8 Å². The number of carbonyl (C=O) groups is 1. The molecule has 0 unspecified atom stereocenters. The summed E-state index contributed by atoms with van der Waals surface area (Å²) in [5.41, 5.74) is 5.51. The van der Waals surface area contributed by atoms with Gasteiger partial charge in [0.15, 0.2) is 0 Å². The van der Waals surface area contributed by atoms with E-state index < -0.39 is 5.41 Å². The largest absolute Gasteiger partial charge is 0.487 e. The van der Waals surface area contributed by atoms with Gasteiger partial charge < -0.3 is 23.9 Å². The lowest BCUT2D eigenvalue weighted by Gasteiger charge is -2.26. The highest BCUT2D eigenvalue weighted by Gasteiger charge is 2.34. The summed E-state index contributed by atoms with van der Waals surface area (Å²) in [5, 5.41) is 10.2. The molecule has 0 saturated heterocycles. The van der Waals surface area contributed by atoms with Gasteiger partial charge in [-0.05, 0) is 80.6 Å². The Morgan fingerprint density at radius 3 is 2.31 bits per heavy atom. The van der Waals surface area contributed by atoms with E-state index in [-0.39, 0.29) is 17.3 Å². The normalized spacial score (nSPS) is 11.9. The van der Waals surface area contributed by atoms with E-state index in [2.05, 4.69) is 71.7 Å². The molecular weight excluding hydrogens is 659 g/mol. The van der Waals surface area contributed by atoms with Crippen LogP contribution in [0, 0.1) is 5.41 Å². The van der Waals surface area contributed by atoms with Crippen LogP contribution in [-0.2, 0) is 29.1 Å². The molecule has 8 nitrogen and oxygen atoms in total. The minimum atomic E-state index is -0.770. The minimum absolute atomic E-state index is 0.0913. The Kier molecular flexibility index (Phi) is 12.8. The molecule has 0 bridgehead atoms. The van der Waals surface area contributed by atoms with Crippen LogP contribution in [0.1, 0.15) is 77.3 Å². The van der Waals surface area contributed by atoms with Gasteiger partial charge in [-0.15, -0.1) is 11.8 Å². The van der Waals surface area contributed by atoms with E-state index >= 15 is 0 Å². The van der Waals surface area contributed by atoms with Crippen LogP contribution in [0.2, 0.25) is 0 Å². The molecule has 5 aromatic rings. The number of methoxy groups -OCH3 is 1. The maximum absolute atomic E-state index is 13.6. The SMILES string of the molecule is COc1ccc(-c2ccc(Cn3c(CC(C)(C)C(=O)OCCCCCCO)c(SC(C)(C)C)c4cc(OCc5ccccn5)ccc43)cc2)cn1. The average molecular weight is 710 g/mol. The molecule has 270 valence electrons. The van der Waals surface area contributed by atoms with Gasteiger partial charge in [0.25, 0.3) is 0 Å². The zero-order chi connectivity index (χ0) is 36.4. The number of rotatable bonds is 17. The molecule has 3 aromatic heterocycles. The Morgan fingerprint density at radius 2 is 1.65 bits per heavy atom. The number of unbranched alkanes of at least 4 members (excludes halogenated alkanes) is 3. The number of hydrogen-bond donors (Lipinski definition) is 1. The Hall–Kier alpha value is -4.34. The first-order chi connectivity index (χ1) is 24.5. The molecule has 51 heavy (non-hydrogen) atoms. The van der Waals surface area contributed by atoms with Gasteiger partial charge in [-0.2, -0.15) is 0 Å². The number of aromatic nitrogens is 3. The molecule has 0 spiro atoms. The van der Waals surface area contributed by atoms with Crippen LogP contribution < -0.4 is 9.47 Å². The number of carbonyl (C=O) groups excluding carboxylic acids is 1. The van der Waals surface area contributed by atoms with E-state index in [4.69, 9.17) is 19.3 Å². The number of hydrogen-bond acceptors (Lipinski definition) is 8. The maximum atomic E-state index is 13.6. The molecule has 0 aliphatic heterocycles. The highest BCUT2D eigenvalue weighted by Crippen LogP contribution is 2.44. The lowest BCUT2D eigenvalue weighted by molar-refractivity contribution is -0.154.